The Kier molecular flexibility index (Phi) is 4.10. The van der Waals surface area contributed by atoms with E-state index < -0.39 is 27.8 Å². The Labute approximate surface area is 117 Å². The van der Waals surface area contributed by atoms with Gasteiger partial charge in [-0.05, 0) is 30.2 Å². The smallest absolute Gasteiger partial charge is 0.237 e. The third-order valence-corrected chi connectivity index (χ3v) is 4.38. The van der Waals surface area contributed by atoms with Gasteiger partial charge in [0.25, 0.3) is 0 Å². The number of nitrogens with two attached hydrogens (primary N) is 1. The highest BCUT2D eigenvalue weighted by molar-refractivity contribution is 7.94. The summed E-state index contributed by atoms with van der Waals surface area (Å²) < 4.78 is 22.4. The summed E-state index contributed by atoms with van der Waals surface area (Å²) in [6.45, 7) is 0. The Morgan fingerprint density at radius 3 is 2.60 bits per heavy atom. The summed E-state index contributed by atoms with van der Waals surface area (Å²) in [6.07, 6.45) is 1.76. The lowest BCUT2D eigenvalue weighted by Gasteiger charge is -2.15. The van der Waals surface area contributed by atoms with Gasteiger partial charge < -0.3 is 16.2 Å². The largest absolute Gasteiger partial charge is 0.508 e. The van der Waals surface area contributed by atoms with E-state index in [0.717, 1.165) is 11.0 Å². The molecule has 0 radical (unpaired) electrons. The molecule has 1 unspecified atom stereocenters. The molecule has 4 N–H and O–H groups in total. The van der Waals surface area contributed by atoms with Crippen molar-refractivity contribution in [3.05, 3.63) is 41.3 Å². The van der Waals surface area contributed by atoms with Crippen LogP contribution in [0.3, 0.4) is 0 Å². The van der Waals surface area contributed by atoms with Crippen molar-refractivity contribution >= 4 is 15.7 Å². The van der Waals surface area contributed by atoms with Crippen LogP contribution in [0.1, 0.15) is 5.56 Å². The summed E-state index contributed by atoms with van der Waals surface area (Å²) in [5, 5.41) is 12.9. The molecule has 108 valence electrons. The second-order valence-corrected chi connectivity index (χ2v) is 6.68. The van der Waals surface area contributed by atoms with Gasteiger partial charge in [-0.3, -0.25) is 4.79 Å². The average molecular weight is 296 g/mol. The highest BCUT2D eigenvalue weighted by Crippen LogP contribution is 2.11. The second kappa shape index (κ2) is 5.64. The van der Waals surface area contributed by atoms with Crippen molar-refractivity contribution in [3.8, 4) is 5.75 Å². The number of nitrogens with one attached hydrogen (secondary N) is 1. The first-order valence-electron chi connectivity index (χ1n) is 6.10. The third-order valence-electron chi connectivity index (χ3n) is 2.99. The van der Waals surface area contributed by atoms with Gasteiger partial charge in [0.05, 0.1) is 17.8 Å². The molecule has 1 aromatic carbocycles. The number of amides is 1. The molecule has 20 heavy (non-hydrogen) atoms. The third kappa shape index (κ3) is 3.82. The van der Waals surface area contributed by atoms with Crippen molar-refractivity contribution < 1.29 is 18.3 Å². The molecule has 1 aromatic rings. The number of carbonyl (C=O) groups excluding carboxylic acids is 1. The SMILES string of the molecule is N[C@H](Cc1ccc(O)cc1)C(=O)NC1C=CS(=O)(=O)C1. The maximum absolute atomic E-state index is 11.9. The van der Waals surface area contributed by atoms with Crippen LogP contribution in [0.4, 0.5) is 0 Å². The Morgan fingerprint density at radius 1 is 1.40 bits per heavy atom. The number of sulfone groups is 1. The van der Waals surface area contributed by atoms with Gasteiger partial charge in [0.2, 0.25) is 5.91 Å². The number of aromatic hydroxyl groups is 1. The van der Waals surface area contributed by atoms with E-state index in [2.05, 4.69) is 5.32 Å². The summed E-state index contributed by atoms with van der Waals surface area (Å²) in [5.41, 5.74) is 6.60. The van der Waals surface area contributed by atoms with Gasteiger partial charge in [-0.15, -0.1) is 0 Å². The van der Waals surface area contributed by atoms with Crippen molar-refractivity contribution in [1.82, 2.24) is 5.32 Å². The number of rotatable bonds is 4. The van der Waals surface area contributed by atoms with E-state index in [0.29, 0.717) is 6.42 Å². The molecular weight excluding hydrogens is 280 g/mol. The fourth-order valence-corrected chi connectivity index (χ4v) is 3.17. The predicted molar refractivity (Wildman–Crippen MR) is 74.6 cm³/mol. The molecule has 0 fully saturated rings. The number of hydrogen-bond donors (Lipinski definition) is 3. The average Bonchev–Trinajstić information content (AvgIpc) is 2.71. The van der Waals surface area contributed by atoms with E-state index in [1.807, 2.05) is 0 Å². The summed E-state index contributed by atoms with van der Waals surface area (Å²) in [4.78, 5) is 11.9. The molecule has 0 aliphatic carbocycles. The van der Waals surface area contributed by atoms with Crippen molar-refractivity contribution in [2.75, 3.05) is 5.75 Å². The lowest BCUT2D eigenvalue weighted by Crippen LogP contribution is -2.46. The molecule has 0 bridgehead atoms. The van der Waals surface area contributed by atoms with Gasteiger partial charge >= 0.3 is 0 Å². The quantitative estimate of drug-likeness (QED) is 0.706. The van der Waals surface area contributed by atoms with Gasteiger partial charge in [-0.25, -0.2) is 8.42 Å². The fourth-order valence-electron chi connectivity index (χ4n) is 1.93. The highest BCUT2D eigenvalue weighted by atomic mass is 32.2. The van der Waals surface area contributed by atoms with Crippen molar-refractivity contribution in [2.45, 2.75) is 18.5 Å². The summed E-state index contributed by atoms with van der Waals surface area (Å²) in [6, 6.07) is 5.12. The first kappa shape index (κ1) is 14.5. The van der Waals surface area contributed by atoms with Gasteiger partial charge in [-0.2, -0.15) is 0 Å². The zero-order valence-corrected chi connectivity index (χ0v) is 11.5. The molecular formula is C13H16N2O4S. The molecule has 0 spiro atoms. The zero-order chi connectivity index (χ0) is 14.8. The van der Waals surface area contributed by atoms with Crippen molar-refractivity contribution in [2.24, 2.45) is 5.73 Å². The zero-order valence-electron chi connectivity index (χ0n) is 10.7. The van der Waals surface area contributed by atoms with E-state index in [1.165, 1.54) is 18.2 Å². The first-order valence-corrected chi connectivity index (χ1v) is 7.82. The molecule has 1 heterocycles. The van der Waals surface area contributed by atoms with Crippen molar-refractivity contribution in [3.63, 3.8) is 0 Å². The lowest BCUT2D eigenvalue weighted by molar-refractivity contribution is -0.122. The Bertz CT molecular complexity index is 622. The summed E-state index contributed by atoms with van der Waals surface area (Å²) in [5.74, 6) is -0.372. The standard InChI is InChI=1S/C13H16N2O4S/c14-12(7-9-1-3-11(16)4-2-9)13(17)15-10-5-6-20(18,19)8-10/h1-6,10,12,16H,7-8,14H2,(H,15,17)/t10?,12-/m1/s1. The van der Waals surface area contributed by atoms with Crippen LogP contribution in [0.25, 0.3) is 0 Å². The molecule has 2 atom stereocenters. The highest BCUT2D eigenvalue weighted by Gasteiger charge is 2.25. The van der Waals surface area contributed by atoms with Crippen LogP contribution in [0.2, 0.25) is 0 Å². The summed E-state index contributed by atoms with van der Waals surface area (Å²) in [7, 11) is -3.19. The minimum Gasteiger partial charge on any atom is -0.508 e. The Morgan fingerprint density at radius 2 is 2.05 bits per heavy atom. The van der Waals surface area contributed by atoms with Gasteiger partial charge in [0.15, 0.2) is 9.84 Å². The van der Waals surface area contributed by atoms with E-state index in [-0.39, 0.29) is 11.5 Å². The molecule has 1 aliphatic heterocycles. The topological polar surface area (TPSA) is 109 Å². The number of hydrogen-bond acceptors (Lipinski definition) is 5. The van der Waals surface area contributed by atoms with E-state index in [1.54, 1.807) is 12.1 Å². The van der Waals surface area contributed by atoms with E-state index >= 15 is 0 Å². The molecule has 0 saturated carbocycles. The molecule has 6 nitrogen and oxygen atoms in total. The van der Waals surface area contributed by atoms with E-state index in [4.69, 9.17) is 10.8 Å². The molecule has 0 saturated heterocycles. The first-order chi connectivity index (χ1) is 9.35. The normalized spacial score (nSPS) is 21.6. The minimum absolute atomic E-state index is 0.120. The molecule has 1 aliphatic rings. The van der Waals surface area contributed by atoms with Crippen molar-refractivity contribution in [1.29, 1.82) is 0 Å². The van der Waals surface area contributed by atoms with Gasteiger partial charge in [0, 0.05) is 5.41 Å². The van der Waals surface area contributed by atoms with Crippen LogP contribution >= 0.6 is 0 Å². The maximum atomic E-state index is 11.9. The molecule has 1 amide bonds. The van der Waals surface area contributed by atoms with Crippen LogP contribution in [0.15, 0.2) is 35.7 Å². The van der Waals surface area contributed by atoms with Gasteiger partial charge in [0.1, 0.15) is 5.75 Å². The monoisotopic (exact) mass is 296 g/mol. The van der Waals surface area contributed by atoms with Crippen LogP contribution in [-0.2, 0) is 21.1 Å². The molecule has 0 aromatic heterocycles. The van der Waals surface area contributed by atoms with Crippen LogP contribution in [0.5, 0.6) is 5.75 Å². The number of carbonyl (C=O) groups is 1. The molecule has 7 heteroatoms. The number of phenolic OH excluding ortho intramolecular Hbond substituents is 1. The molecule has 2 rings (SSSR count). The fraction of sp³-hybridized carbons (Fsp3) is 0.308. The van der Waals surface area contributed by atoms with Gasteiger partial charge in [-0.1, -0.05) is 12.1 Å². The predicted octanol–water partition coefficient (Wildman–Crippen LogP) is -0.311. The number of phenols is 1. The van der Waals surface area contributed by atoms with E-state index in [9.17, 15) is 13.2 Å². The lowest BCUT2D eigenvalue weighted by atomic mass is 10.1. The van der Waals surface area contributed by atoms with Crippen LogP contribution < -0.4 is 11.1 Å². The van der Waals surface area contributed by atoms with Crippen LogP contribution in [-0.4, -0.2) is 37.3 Å². The minimum atomic E-state index is -3.19. The second-order valence-electron chi connectivity index (χ2n) is 4.75. The Hall–Kier alpha value is -1.86. The van der Waals surface area contributed by atoms with Crippen LogP contribution in [0, 0.1) is 0 Å². The maximum Gasteiger partial charge on any atom is 0.237 e. The number of benzene rings is 1. The summed E-state index contributed by atoms with van der Waals surface area (Å²) >= 11 is 0. The Balaban J connectivity index is 1.89.